The molecule has 1 heterocycles. The lowest BCUT2D eigenvalue weighted by Gasteiger charge is -2.52. The van der Waals surface area contributed by atoms with Gasteiger partial charge in [-0.1, -0.05) is 11.6 Å². The zero-order valence-electron chi connectivity index (χ0n) is 10.8. The molecule has 3 rings (SSSR count). The smallest absolute Gasteiger partial charge is 0.251 e. The second-order valence-corrected chi connectivity index (χ2v) is 5.98. The highest BCUT2D eigenvalue weighted by molar-refractivity contribution is 6.30. The van der Waals surface area contributed by atoms with Crippen molar-refractivity contribution in [2.24, 2.45) is 5.41 Å². The minimum atomic E-state index is 0.00670. The molecule has 1 saturated carbocycles. The van der Waals surface area contributed by atoms with E-state index in [2.05, 4.69) is 5.32 Å². The van der Waals surface area contributed by atoms with Crippen LogP contribution in [0.25, 0.3) is 0 Å². The average Bonchev–Trinajstić information content (AvgIpc) is 2.45. The predicted molar refractivity (Wildman–Crippen MR) is 74.4 cm³/mol. The Morgan fingerprint density at radius 3 is 2.47 bits per heavy atom. The van der Waals surface area contributed by atoms with Gasteiger partial charge in [0.1, 0.15) is 0 Å². The molecule has 0 aromatic heterocycles. The van der Waals surface area contributed by atoms with Crippen molar-refractivity contribution in [3.05, 3.63) is 34.9 Å². The zero-order chi connectivity index (χ0) is 13.3. The van der Waals surface area contributed by atoms with Crippen molar-refractivity contribution in [3.63, 3.8) is 0 Å². The van der Waals surface area contributed by atoms with E-state index in [9.17, 15) is 4.79 Å². The third kappa shape index (κ3) is 2.49. The standard InChI is InChI=1S/C15H18ClNO2/c16-12-3-1-11(2-4-12)14(18)17-13-5-6-15(13)7-9-19-10-8-15/h1-4,13H,5-10H2,(H,17,18). The first-order chi connectivity index (χ1) is 9.20. The summed E-state index contributed by atoms with van der Waals surface area (Å²) in [5, 5.41) is 3.83. The minimum Gasteiger partial charge on any atom is -0.381 e. The number of hydrogen-bond acceptors (Lipinski definition) is 2. The lowest BCUT2D eigenvalue weighted by Crippen LogP contribution is -2.57. The highest BCUT2D eigenvalue weighted by Crippen LogP contribution is 2.48. The third-order valence-corrected chi connectivity index (χ3v) is 4.82. The number of hydrogen-bond donors (Lipinski definition) is 1. The van der Waals surface area contributed by atoms with Crippen molar-refractivity contribution in [1.29, 1.82) is 0 Å². The van der Waals surface area contributed by atoms with Crippen LogP contribution >= 0.6 is 11.6 Å². The maximum Gasteiger partial charge on any atom is 0.251 e. The molecule has 102 valence electrons. The Labute approximate surface area is 118 Å². The number of benzene rings is 1. The summed E-state index contributed by atoms with van der Waals surface area (Å²) < 4.78 is 5.42. The van der Waals surface area contributed by atoms with Gasteiger partial charge in [0.2, 0.25) is 0 Å². The van der Waals surface area contributed by atoms with Gasteiger partial charge in [-0.25, -0.2) is 0 Å². The first-order valence-corrected chi connectivity index (χ1v) is 7.22. The number of carbonyl (C=O) groups excluding carboxylic acids is 1. The Bertz CT molecular complexity index is 466. The first kappa shape index (κ1) is 12.9. The molecule has 1 atom stereocenters. The van der Waals surface area contributed by atoms with Crippen LogP contribution in [0.1, 0.15) is 36.0 Å². The number of amides is 1. The molecule has 2 fully saturated rings. The molecule has 0 bridgehead atoms. The van der Waals surface area contributed by atoms with Gasteiger partial charge in [-0.05, 0) is 55.4 Å². The highest BCUT2D eigenvalue weighted by atomic mass is 35.5. The van der Waals surface area contributed by atoms with E-state index in [1.165, 1.54) is 6.42 Å². The second-order valence-electron chi connectivity index (χ2n) is 5.55. The molecule has 1 saturated heterocycles. The first-order valence-electron chi connectivity index (χ1n) is 6.84. The molecule has 1 aromatic carbocycles. The van der Waals surface area contributed by atoms with Crippen LogP contribution in [0.2, 0.25) is 5.02 Å². The van der Waals surface area contributed by atoms with Gasteiger partial charge in [0, 0.05) is 29.8 Å². The SMILES string of the molecule is O=C(NC1CCC12CCOCC2)c1ccc(Cl)cc1. The molecule has 1 N–H and O–H groups in total. The van der Waals surface area contributed by atoms with Crippen molar-refractivity contribution in [2.75, 3.05) is 13.2 Å². The fourth-order valence-corrected chi connectivity index (χ4v) is 3.27. The zero-order valence-corrected chi connectivity index (χ0v) is 11.6. The molecule has 2 aliphatic rings. The van der Waals surface area contributed by atoms with E-state index in [0.717, 1.165) is 32.5 Å². The largest absolute Gasteiger partial charge is 0.381 e. The summed E-state index contributed by atoms with van der Waals surface area (Å²) in [6.07, 6.45) is 4.43. The van der Waals surface area contributed by atoms with Crippen LogP contribution in [-0.4, -0.2) is 25.2 Å². The van der Waals surface area contributed by atoms with Crippen LogP contribution in [0, 0.1) is 5.41 Å². The monoisotopic (exact) mass is 279 g/mol. The average molecular weight is 280 g/mol. The number of nitrogens with one attached hydrogen (secondary N) is 1. The fraction of sp³-hybridized carbons (Fsp3) is 0.533. The molecule has 1 amide bonds. The normalized spacial score (nSPS) is 24.8. The van der Waals surface area contributed by atoms with E-state index in [4.69, 9.17) is 16.3 Å². The van der Waals surface area contributed by atoms with Gasteiger partial charge in [0.15, 0.2) is 0 Å². The summed E-state index contributed by atoms with van der Waals surface area (Å²) in [6, 6.07) is 7.35. The number of ether oxygens (including phenoxy) is 1. The van der Waals surface area contributed by atoms with Gasteiger partial charge >= 0.3 is 0 Å². The second kappa shape index (κ2) is 5.14. The Kier molecular flexibility index (Phi) is 3.50. The van der Waals surface area contributed by atoms with Gasteiger partial charge in [0.05, 0.1) is 0 Å². The van der Waals surface area contributed by atoms with Gasteiger partial charge in [-0.2, -0.15) is 0 Å². The maximum atomic E-state index is 12.2. The number of rotatable bonds is 2. The highest BCUT2D eigenvalue weighted by Gasteiger charge is 2.47. The Hall–Kier alpha value is -1.06. The molecule has 1 unspecified atom stereocenters. The molecule has 1 spiro atoms. The summed E-state index contributed by atoms with van der Waals surface area (Å²) in [6.45, 7) is 1.65. The topological polar surface area (TPSA) is 38.3 Å². The molecule has 0 radical (unpaired) electrons. The summed E-state index contributed by atoms with van der Waals surface area (Å²) >= 11 is 5.83. The van der Waals surface area contributed by atoms with Gasteiger partial charge in [-0.3, -0.25) is 4.79 Å². The summed E-state index contributed by atoms with van der Waals surface area (Å²) in [5.74, 6) is 0.00670. The molecule has 1 aliphatic heterocycles. The minimum absolute atomic E-state index is 0.00670. The quantitative estimate of drug-likeness (QED) is 0.904. The molecule has 19 heavy (non-hydrogen) atoms. The van der Waals surface area contributed by atoms with Crippen molar-refractivity contribution >= 4 is 17.5 Å². The molecule has 1 aromatic rings. The van der Waals surface area contributed by atoms with E-state index >= 15 is 0 Å². The van der Waals surface area contributed by atoms with Crippen LogP contribution in [0.5, 0.6) is 0 Å². The van der Waals surface area contributed by atoms with Crippen LogP contribution < -0.4 is 5.32 Å². The molecular weight excluding hydrogens is 262 g/mol. The Morgan fingerprint density at radius 2 is 1.89 bits per heavy atom. The molecule has 4 heteroatoms. The lowest BCUT2D eigenvalue weighted by molar-refractivity contribution is -0.0523. The Morgan fingerprint density at radius 1 is 1.21 bits per heavy atom. The number of halogens is 1. The maximum absolute atomic E-state index is 12.2. The third-order valence-electron chi connectivity index (χ3n) is 4.57. The summed E-state index contributed by atoms with van der Waals surface area (Å²) in [4.78, 5) is 12.2. The van der Waals surface area contributed by atoms with Crippen LogP contribution in [0.15, 0.2) is 24.3 Å². The molecular formula is C15H18ClNO2. The van der Waals surface area contributed by atoms with Gasteiger partial charge in [-0.15, -0.1) is 0 Å². The van der Waals surface area contributed by atoms with Crippen molar-refractivity contribution in [2.45, 2.75) is 31.7 Å². The fourth-order valence-electron chi connectivity index (χ4n) is 3.14. The molecule has 1 aliphatic carbocycles. The molecule has 3 nitrogen and oxygen atoms in total. The van der Waals surface area contributed by atoms with Crippen LogP contribution in [-0.2, 0) is 4.74 Å². The number of carbonyl (C=O) groups is 1. The van der Waals surface area contributed by atoms with E-state index < -0.39 is 0 Å². The van der Waals surface area contributed by atoms with Gasteiger partial charge in [0.25, 0.3) is 5.91 Å². The van der Waals surface area contributed by atoms with E-state index in [0.29, 0.717) is 22.0 Å². The van der Waals surface area contributed by atoms with Crippen LogP contribution in [0.4, 0.5) is 0 Å². The van der Waals surface area contributed by atoms with Crippen molar-refractivity contribution in [3.8, 4) is 0 Å². The summed E-state index contributed by atoms with van der Waals surface area (Å²) in [5.41, 5.74) is 0.971. The van der Waals surface area contributed by atoms with Crippen LogP contribution in [0.3, 0.4) is 0 Å². The summed E-state index contributed by atoms with van der Waals surface area (Å²) in [7, 11) is 0. The predicted octanol–water partition coefficient (Wildman–Crippen LogP) is 3.03. The van der Waals surface area contributed by atoms with Crippen molar-refractivity contribution < 1.29 is 9.53 Å². The van der Waals surface area contributed by atoms with E-state index in [1.807, 2.05) is 0 Å². The van der Waals surface area contributed by atoms with E-state index in [-0.39, 0.29) is 5.91 Å². The van der Waals surface area contributed by atoms with E-state index in [1.54, 1.807) is 24.3 Å². The lowest BCUT2D eigenvalue weighted by atomic mass is 9.60. The Balaban J connectivity index is 1.65. The van der Waals surface area contributed by atoms with Gasteiger partial charge < -0.3 is 10.1 Å². The van der Waals surface area contributed by atoms with Crippen molar-refractivity contribution in [1.82, 2.24) is 5.32 Å².